The zero-order valence-corrected chi connectivity index (χ0v) is 25.2. The normalized spacial score (nSPS) is 17.4. The van der Waals surface area contributed by atoms with E-state index in [0.717, 1.165) is 48.4 Å². The quantitative estimate of drug-likeness (QED) is 0.311. The number of rotatable bonds is 11. The van der Waals surface area contributed by atoms with E-state index in [2.05, 4.69) is 24.5 Å². The maximum atomic E-state index is 13.6. The Hall–Kier alpha value is -4.12. The maximum absolute atomic E-state index is 13.6. The van der Waals surface area contributed by atoms with Gasteiger partial charge >= 0.3 is 0 Å². The van der Waals surface area contributed by atoms with Crippen LogP contribution < -0.4 is 20.9 Å². The largest absolute Gasteiger partial charge is 0.497 e. The molecule has 6 rings (SSSR count). The average molecular weight is 606 g/mol. The third-order valence-electron chi connectivity index (χ3n) is 8.15. The molecule has 232 valence electrons. The number of ether oxygens (including phenoxy) is 1. The molecule has 1 aromatic carbocycles. The van der Waals surface area contributed by atoms with Crippen LogP contribution in [0.25, 0.3) is 11.1 Å². The molecule has 0 spiro atoms. The van der Waals surface area contributed by atoms with Gasteiger partial charge in [-0.05, 0) is 91.2 Å². The Morgan fingerprint density at radius 1 is 1.07 bits per heavy atom. The molecule has 2 aromatic heterocycles. The standard InChI is InChI=1S/C33H37F2N5O4/c1-19(2)14-36-15-20-10-27(32(43)40(16-20)23-6-7-23)30(41)38-29-12-22(11-28(37-29)21-4-5-21)25-9-8-24(44-3)13-26(25)31(42)39-17-33(34,35)18-39/h8-13,16,19,21,23,36H,4-7,14-15,17-18H2,1-3H3,(H,37,38,41). The molecule has 2 amide bonds. The lowest BCUT2D eigenvalue weighted by Crippen LogP contribution is -2.58. The summed E-state index contributed by atoms with van der Waals surface area (Å²) in [5.74, 6) is -2.65. The van der Waals surface area contributed by atoms with Crippen LogP contribution in [0.5, 0.6) is 5.75 Å². The molecule has 11 heteroatoms. The van der Waals surface area contributed by atoms with E-state index >= 15 is 0 Å². The summed E-state index contributed by atoms with van der Waals surface area (Å²) in [5, 5.41) is 6.22. The van der Waals surface area contributed by atoms with Gasteiger partial charge in [0, 0.05) is 30.4 Å². The Kier molecular flexibility index (Phi) is 8.00. The van der Waals surface area contributed by atoms with E-state index in [1.807, 2.05) is 12.3 Å². The molecule has 3 fully saturated rings. The van der Waals surface area contributed by atoms with Gasteiger partial charge in [0.05, 0.1) is 25.8 Å². The molecule has 44 heavy (non-hydrogen) atoms. The summed E-state index contributed by atoms with van der Waals surface area (Å²) in [5.41, 5.74) is 2.65. The number of amides is 2. The molecule has 2 saturated carbocycles. The second-order valence-electron chi connectivity index (χ2n) is 12.6. The lowest BCUT2D eigenvalue weighted by atomic mass is 9.96. The van der Waals surface area contributed by atoms with Gasteiger partial charge in [0.25, 0.3) is 23.3 Å². The predicted octanol–water partition coefficient (Wildman–Crippen LogP) is 5.22. The average Bonchev–Trinajstić information content (AvgIpc) is 3.89. The number of halogens is 2. The van der Waals surface area contributed by atoms with E-state index in [4.69, 9.17) is 9.72 Å². The minimum absolute atomic E-state index is 0.0416. The van der Waals surface area contributed by atoms with Crippen LogP contribution in [0.4, 0.5) is 14.6 Å². The number of aromatic nitrogens is 2. The summed E-state index contributed by atoms with van der Waals surface area (Å²) < 4.78 is 34.2. The van der Waals surface area contributed by atoms with E-state index in [0.29, 0.717) is 29.3 Å². The predicted molar refractivity (Wildman–Crippen MR) is 163 cm³/mol. The van der Waals surface area contributed by atoms with Crippen molar-refractivity contribution in [1.82, 2.24) is 19.8 Å². The van der Waals surface area contributed by atoms with Crippen LogP contribution in [0.15, 0.2) is 47.4 Å². The van der Waals surface area contributed by atoms with Crippen molar-refractivity contribution in [1.29, 1.82) is 0 Å². The van der Waals surface area contributed by atoms with Crippen molar-refractivity contribution in [2.45, 2.75) is 64.0 Å². The fourth-order valence-corrected chi connectivity index (χ4v) is 5.50. The Bertz CT molecular complexity index is 1650. The molecule has 3 heterocycles. The summed E-state index contributed by atoms with van der Waals surface area (Å²) >= 11 is 0. The van der Waals surface area contributed by atoms with Crippen molar-refractivity contribution in [3.05, 3.63) is 75.3 Å². The second-order valence-corrected chi connectivity index (χ2v) is 12.6. The number of hydrogen-bond acceptors (Lipinski definition) is 6. The van der Waals surface area contributed by atoms with Gasteiger partial charge in [-0.1, -0.05) is 13.8 Å². The smallest absolute Gasteiger partial charge is 0.282 e. The minimum atomic E-state index is -2.90. The van der Waals surface area contributed by atoms with Crippen molar-refractivity contribution < 1.29 is 23.1 Å². The van der Waals surface area contributed by atoms with Crippen LogP contribution in [0.3, 0.4) is 0 Å². The highest BCUT2D eigenvalue weighted by molar-refractivity contribution is 6.05. The zero-order chi connectivity index (χ0) is 31.2. The highest BCUT2D eigenvalue weighted by Gasteiger charge is 2.46. The molecule has 0 radical (unpaired) electrons. The van der Waals surface area contributed by atoms with Gasteiger partial charge in [-0.3, -0.25) is 14.4 Å². The molecule has 1 saturated heterocycles. The molecule has 3 aliphatic rings. The number of methoxy groups -OCH3 is 1. The number of anilines is 1. The number of hydrogen-bond donors (Lipinski definition) is 2. The SMILES string of the molecule is COc1ccc(-c2cc(NC(=O)c3cc(CNCC(C)C)cn(C4CC4)c3=O)nc(C3CC3)c2)c(C(=O)N2CC(F)(F)C2)c1. The van der Waals surface area contributed by atoms with Gasteiger partial charge in [-0.25, -0.2) is 13.8 Å². The summed E-state index contributed by atoms with van der Waals surface area (Å²) in [6.07, 6.45) is 5.52. The minimum Gasteiger partial charge on any atom is -0.497 e. The number of carbonyl (C=O) groups is 2. The van der Waals surface area contributed by atoms with Gasteiger partial charge in [0.2, 0.25) is 0 Å². The van der Waals surface area contributed by atoms with Crippen LogP contribution >= 0.6 is 0 Å². The van der Waals surface area contributed by atoms with Crippen molar-refractivity contribution >= 4 is 17.6 Å². The van der Waals surface area contributed by atoms with Crippen LogP contribution in [0.1, 0.15) is 83.5 Å². The summed E-state index contributed by atoms with van der Waals surface area (Å²) in [4.78, 5) is 46.1. The Balaban J connectivity index is 1.33. The number of benzene rings is 1. The van der Waals surface area contributed by atoms with E-state index < -0.39 is 30.8 Å². The van der Waals surface area contributed by atoms with E-state index in [1.165, 1.54) is 7.11 Å². The molecule has 3 aromatic rings. The first-order chi connectivity index (χ1) is 21.0. The van der Waals surface area contributed by atoms with Crippen LogP contribution in [-0.2, 0) is 6.54 Å². The Labute approximate surface area is 254 Å². The molecular formula is C33H37F2N5O4. The molecule has 1 aliphatic heterocycles. The molecule has 0 unspecified atom stereocenters. The summed E-state index contributed by atoms with van der Waals surface area (Å²) in [6.45, 7) is 4.28. The zero-order valence-electron chi connectivity index (χ0n) is 25.2. The number of carbonyl (C=O) groups excluding carboxylic acids is 2. The Morgan fingerprint density at radius 3 is 2.45 bits per heavy atom. The van der Waals surface area contributed by atoms with Gasteiger partial charge in [-0.15, -0.1) is 0 Å². The van der Waals surface area contributed by atoms with Gasteiger partial charge in [0.1, 0.15) is 17.1 Å². The number of nitrogens with zero attached hydrogens (tertiary/aromatic N) is 3. The third kappa shape index (κ3) is 6.52. The van der Waals surface area contributed by atoms with E-state index in [-0.39, 0.29) is 34.5 Å². The fourth-order valence-electron chi connectivity index (χ4n) is 5.50. The first-order valence-corrected chi connectivity index (χ1v) is 15.2. The maximum Gasteiger partial charge on any atom is 0.282 e. The molecule has 0 atom stereocenters. The first kappa shape index (κ1) is 29.9. The van der Waals surface area contributed by atoms with Crippen molar-refractivity contribution in [2.75, 3.05) is 32.1 Å². The number of likely N-dealkylation sites (tertiary alicyclic amines) is 1. The molecular weight excluding hydrogens is 568 g/mol. The van der Waals surface area contributed by atoms with Crippen molar-refractivity contribution in [3.8, 4) is 16.9 Å². The highest BCUT2D eigenvalue weighted by atomic mass is 19.3. The second kappa shape index (κ2) is 11.8. The van der Waals surface area contributed by atoms with E-state index in [9.17, 15) is 23.2 Å². The third-order valence-corrected chi connectivity index (χ3v) is 8.15. The first-order valence-electron chi connectivity index (χ1n) is 15.2. The van der Waals surface area contributed by atoms with Gasteiger partial charge < -0.3 is 24.8 Å². The monoisotopic (exact) mass is 605 g/mol. The molecule has 0 bridgehead atoms. The molecule has 2 aliphatic carbocycles. The highest BCUT2D eigenvalue weighted by Crippen LogP contribution is 2.42. The van der Waals surface area contributed by atoms with Crippen LogP contribution in [0.2, 0.25) is 0 Å². The van der Waals surface area contributed by atoms with Crippen molar-refractivity contribution in [3.63, 3.8) is 0 Å². The molecule has 9 nitrogen and oxygen atoms in total. The number of alkyl halides is 2. The Morgan fingerprint density at radius 2 is 1.82 bits per heavy atom. The lowest BCUT2D eigenvalue weighted by Gasteiger charge is -2.39. The van der Waals surface area contributed by atoms with Gasteiger partial charge in [-0.2, -0.15) is 0 Å². The molecule has 2 N–H and O–H groups in total. The van der Waals surface area contributed by atoms with Crippen LogP contribution in [0, 0.1) is 5.92 Å². The number of pyridine rings is 2. The van der Waals surface area contributed by atoms with Crippen LogP contribution in [-0.4, -0.2) is 58.9 Å². The van der Waals surface area contributed by atoms with E-state index in [1.54, 1.807) is 34.9 Å². The van der Waals surface area contributed by atoms with Gasteiger partial charge in [0.15, 0.2) is 0 Å². The summed E-state index contributed by atoms with van der Waals surface area (Å²) in [7, 11) is 1.47. The topological polar surface area (TPSA) is 106 Å². The summed E-state index contributed by atoms with van der Waals surface area (Å²) in [6, 6.07) is 10.2. The number of nitrogens with one attached hydrogen (secondary N) is 2. The fraction of sp³-hybridized carbons (Fsp3) is 0.455. The van der Waals surface area contributed by atoms with Crippen molar-refractivity contribution in [2.24, 2.45) is 5.92 Å². The lowest BCUT2D eigenvalue weighted by molar-refractivity contribution is -0.113.